The van der Waals surface area contributed by atoms with Crippen LogP contribution in [0, 0.1) is 5.92 Å². The van der Waals surface area contributed by atoms with Gasteiger partial charge in [0.15, 0.2) is 17.5 Å². The number of nitrogens with one attached hydrogen (secondary N) is 2. The van der Waals surface area contributed by atoms with Crippen molar-refractivity contribution in [1.29, 1.82) is 0 Å². The maximum absolute atomic E-state index is 12.0. The van der Waals surface area contributed by atoms with Crippen LogP contribution in [-0.2, 0) is 4.79 Å². The van der Waals surface area contributed by atoms with Gasteiger partial charge in [-0.3, -0.25) is 9.79 Å². The van der Waals surface area contributed by atoms with Crippen LogP contribution in [0.1, 0.15) is 44.9 Å². The maximum atomic E-state index is 12.0. The molecule has 7 heteroatoms. The molecular weight excluding hydrogens is 344 g/mol. The molecule has 1 amide bonds. The lowest BCUT2D eigenvalue weighted by Gasteiger charge is -2.20. The van der Waals surface area contributed by atoms with Crippen molar-refractivity contribution in [2.24, 2.45) is 16.6 Å². The molecule has 1 saturated carbocycles. The van der Waals surface area contributed by atoms with Gasteiger partial charge in [0.25, 0.3) is 0 Å². The smallest absolute Gasteiger partial charge is 0.220 e. The third kappa shape index (κ3) is 6.34. The summed E-state index contributed by atoms with van der Waals surface area (Å²) >= 11 is 0. The molecular formula is C20H30N4O3. The summed E-state index contributed by atoms with van der Waals surface area (Å²) in [4.78, 5) is 16.2. The molecule has 0 aromatic heterocycles. The van der Waals surface area contributed by atoms with Gasteiger partial charge in [-0.25, -0.2) is 0 Å². The fourth-order valence-corrected chi connectivity index (χ4v) is 3.53. The Labute approximate surface area is 160 Å². The van der Waals surface area contributed by atoms with E-state index in [9.17, 15) is 4.79 Å². The first-order valence-electron chi connectivity index (χ1n) is 9.94. The van der Waals surface area contributed by atoms with Crippen LogP contribution >= 0.6 is 0 Å². The molecule has 3 rings (SSSR count). The Morgan fingerprint density at radius 3 is 2.70 bits per heavy atom. The molecule has 2 aliphatic rings. The highest BCUT2D eigenvalue weighted by atomic mass is 16.5. The average Bonchev–Trinajstić information content (AvgIpc) is 2.91. The van der Waals surface area contributed by atoms with E-state index in [1.54, 1.807) is 0 Å². The number of fused-ring (bicyclic) bond motifs is 1. The van der Waals surface area contributed by atoms with Gasteiger partial charge < -0.3 is 25.8 Å². The maximum Gasteiger partial charge on any atom is 0.220 e. The highest BCUT2D eigenvalue weighted by Gasteiger charge is 2.16. The lowest BCUT2D eigenvalue weighted by molar-refractivity contribution is -0.122. The number of carbonyl (C=O) groups is 1. The Morgan fingerprint density at radius 2 is 1.89 bits per heavy atom. The molecule has 0 radical (unpaired) electrons. The van der Waals surface area contributed by atoms with Crippen LogP contribution in [0.25, 0.3) is 0 Å². The zero-order valence-corrected chi connectivity index (χ0v) is 15.8. The molecule has 148 valence electrons. The van der Waals surface area contributed by atoms with Gasteiger partial charge in [0.2, 0.25) is 5.91 Å². The molecule has 0 saturated heterocycles. The van der Waals surface area contributed by atoms with E-state index in [0.717, 1.165) is 17.9 Å². The molecule has 0 bridgehead atoms. The van der Waals surface area contributed by atoms with Gasteiger partial charge in [-0.05, 0) is 30.9 Å². The van der Waals surface area contributed by atoms with Crippen LogP contribution in [-0.4, -0.2) is 38.2 Å². The Bertz CT molecular complexity index is 657. The Kier molecular flexibility index (Phi) is 7.19. The Hall–Kier alpha value is -2.44. The van der Waals surface area contributed by atoms with Crippen molar-refractivity contribution in [1.82, 2.24) is 5.32 Å². The number of rotatable bonds is 6. The largest absolute Gasteiger partial charge is 0.490 e. The second-order valence-electron chi connectivity index (χ2n) is 7.16. The van der Waals surface area contributed by atoms with Gasteiger partial charge in [0.05, 0.1) is 19.8 Å². The Balaban J connectivity index is 1.39. The van der Waals surface area contributed by atoms with E-state index in [-0.39, 0.29) is 5.91 Å². The van der Waals surface area contributed by atoms with Crippen molar-refractivity contribution in [3.8, 4) is 11.5 Å². The highest BCUT2D eigenvalue weighted by Crippen LogP contribution is 2.32. The number of carbonyl (C=O) groups excluding carboxylic acids is 1. The SMILES string of the molecule is NC(=NCCNC(=O)CC1CCCCC1)Nc1ccc2c(c1)OCCCO2. The van der Waals surface area contributed by atoms with Gasteiger partial charge in [-0.15, -0.1) is 0 Å². The molecule has 1 aromatic carbocycles. The molecule has 27 heavy (non-hydrogen) atoms. The number of nitrogens with two attached hydrogens (primary N) is 1. The van der Waals surface area contributed by atoms with Crippen molar-refractivity contribution in [3.05, 3.63) is 18.2 Å². The molecule has 0 spiro atoms. The van der Waals surface area contributed by atoms with Crippen molar-refractivity contribution < 1.29 is 14.3 Å². The third-order valence-corrected chi connectivity index (χ3v) is 4.93. The molecule has 4 N–H and O–H groups in total. The topological polar surface area (TPSA) is 98.0 Å². The molecule has 1 heterocycles. The van der Waals surface area contributed by atoms with E-state index in [1.807, 2.05) is 18.2 Å². The van der Waals surface area contributed by atoms with E-state index in [1.165, 1.54) is 32.1 Å². The van der Waals surface area contributed by atoms with Gasteiger partial charge in [0, 0.05) is 31.1 Å². The van der Waals surface area contributed by atoms with Gasteiger partial charge >= 0.3 is 0 Å². The highest BCUT2D eigenvalue weighted by molar-refractivity contribution is 5.92. The van der Waals surface area contributed by atoms with Gasteiger partial charge in [-0.1, -0.05) is 19.3 Å². The molecule has 1 fully saturated rings. The van der Waals surface area contributed by atoms with Crippen LogP contribution in [0.3, 0.4) is 0 Å². The average molecular weight is 374 g/mol. The summed E-state index contributed by atoms with van der Waals surface area (Å²) in [7, 11) is 0. The molecule has 7 nitrogen and oxygen atoms in total. The first-order chi connectivity index (χ1) is 13.2. The summed E-state index contributed by atoms with van der Waals surface area (Å²) in [6.45, 7) is 2.24. The van der Waals surface area contributed by atoms with E-state index < -0.39 is 0 Å². The zero-order valence-electron chi connectivity index (χ0n) is 15.8. The summed E-state index contributed by atoms with van der Waals surface area (Å²) < 4.78 is 11.3. The normalized spacial score (nSPS) is 17.9. The summed E-state index contributed by atoms with van der Waals surface area (Å²) in [6.07, 6.45) is 7.68. The minimum absolute atomic E-state index is 0.117. The predicted octanol–water partition coefficient (Wildman–Crippen LogP) is 2.66. The summed E-state index contributed by atoms with van der Waals surface area (Å²) in [5.41, 5.74) is 6.73. The van der Waals surface area contributed by atoms with Gasteiger partial charge in [-0.2, -0.15) is 0 Å². The molecule has 1 aliphatic heterocycles. The van der Waals surface area contributed by atoms with E-state index in [4.69, 9.17) is 15.2 Å². The van der Waals surface area contributed by atoms with E-state index in [0.29, 0.717) is 50.4 Å². The molecule has 1 aromatic rings. The monoisotopic (exact) mass is 374 g/mol. The minimum atomic E-state index is 0.117. The first-order valence-corrected chi connectivity index (χ1v) is 9.94. The zero-order chi connectivity index (χ0) is 18.9. The van der Waals surface area contributed by atoms with Crippen LogP contribution in [0.2, 0.25) is 0 Å². The second-order valence-corrected chi connectivity index (χ2v) is 7.16. The summed E-state index contributed by atoms with van der Waals surface area (Å²) in [5.74, 6) is 2.43. The van der Waals surface area contributed by atoms with Crippen molar-refractivity contribution in [3.63, 3.8) is 0 Å². The third-order valence-electron chi connectivity index (χ3n) is 4.93. The van der Waals surface area contributed by atoms with E-state index in [2.05, 4.69) is 15.6 Å². The fourth-order valence-electron chi connectivity index (χ4n) is 3.53. The molecule has 1 aliphatic carbocycles. The standard InChI is InChI=1S/C20H30N4O3/c21-20(23-10-9-22-19(25)13-15-5-2-1-3-6-15)24-16-7-8-17-18(14-16)27-12-4-11-26-17/h7-8,14-15H,1-6,9-13H2,(H,22,25)(H3,21,23,24). The van der Waals surface area contributed by atoms with Crippen molar-refractivity contribution in [2.45, 2.75) is 44.9 Å². The Morgan fingerprint density at radius 1 is 1.11 bits per heavy atom. The number of ether oxygens (including phenoxy) is 2. The summed E-state index contributed by atoms with van der Waals surface area (Å²) in [6, 6.07) is 5.60. The number of benzene rings is 1. The number of amides is 1. The number of hydrogen-bond donors (Lipinski definition) is 3. The summed E-state index contributed by atoms with van der Waals surface area (Å²) in [5, 5.41) is 5.98. The van der Waals surface area contributed by atoms with Crippen LogP contribution in [0.15, 0.2) is 23.2 Å². The molecule has 0 unspecified atom stereocenters. The number of aliphatic imine (C=N–C) groups is 1. The number of hydrogen-bond acceptors (Lipinski definition) is 4. The van der Waals surface area contributed by atoms with E-state index >= 15 is 0 Å². The van der Waals surface area contributed by atoms with Crippen LogP contribution in [0.5, 0.6) is 11.5 Å². The number of anilines is 1. The minimum Gasteiger partial charge on any atom is -0.490 e. The quantitative estimate of drug-likeness (QED) is 0.404. The number of nitrogens with zero attached hydrogens (tertiary/aromatic N) is 1. The fraction of sp³-hybridized carbons (Fsp3) is 0.600. The number of guanidine groups is 1. The lowest BCUT2D eigenvalue weighted by atomic mass is 9.87. The lowest BCUT2D eigenvalue weighted by Crippen LogP contribution is -2.30. The van der Waals surface area contributed by atoms with Crippen LogP contribution in [0.4, 0.5) is 5.69 Å². The van der Waals surface area contributed by atoms with Gasteiger partial charge in [0.1, 0.15) is 0 Å². The van der Waals surface area contributed by atoms with Crippen LogP contribution < -0.4 is 25.8 Å². The van der Waals surface area contributed by atoms with Crippen molar-refractivity contribution >= 4 is 17.6 Å². The first kappa shape index (κ1) is 19.3. The second kappa shape index (κ2) is 10.0. The van der Waals surface area contributed by atoms with Crippen molar-refractivity contribution in [2.75, 3.05) is 31.6 Å². The predicted molar refractivity (Wildman–Crippen MR) is 106 cm³/mol. The molecule has 0 atom stereocenters.